The Labute approximate surface area is 181 Å². The molecule has 2 aromatic carbocycles. The molecule has 0 bridgehead atoms. The average molecular weight is 429 g/mol. The molecule has 0 saturated carbocycles. The molecule has 0 aliphatic heterocycles. The highest BCUT2D eigenvalue weighted by Crippen LogP contribution is 2.27. The number of halogens is 1. The Morgan fingerprint density at radius 1 is 1.23 bits per heavy atom. The largest absolute Gasteiger partial charge is 0.465 e. The van der Waals surface area contributed by atoms with Gasteiger partial charge in [0.05, 0.1) is 25.2 Å². The van der Waals surface area contributed by atoms with Crippen LogP contribution >= 0.6 is 11.6 Å². The van der Waals surface area contributed by atoms with Crippen LogP contribution in [0.4, 0.5) is 5.69 Å². The minimum Gasteiger partial charge on any atom is -0.465 e. The molecule has 3 rings (SSSR count). The first-order valence-corrected chi connectivity index (χ1v) is 10.1. The standard InChI is InChI=1S/C23H25ClN2O4/c1-3-12-26(25-15-21(27)17-5-4-6-18(24)14-17)19-9-7-16(8-10-19)22-20(11-13-30-22)23(28)29-2/h4-11,13-14,21,25,27H,3,12,15H2,1-2H3/t21-/m0/s1. The Balaban J connectivity index is 1.72. The van der Waals surface area contributed by atoms with E-state index in [1.165, 1.54) is 13.4 Å². The molecule has 6 nitrogen and oxygen atoms in total. The number of carbonyl (C=O) groups excluding carboxylic acids is 1. The molecule has 1 heterocycles. The smallest absolute Gasteiger partial charge is 0.341 e. The summed E-state index contributed by atoms with van der Waals surface area (Å²) in [5.74, 6) is 0.0342. The van der Waals surface area contributed by atoms with Gasteiger partial charge in [-0.2, -0.15) is 0 Å². The molecule has 158 valence electrons. The molecule has 7 heteroatoms. The summed E-state index contributed by atoms with van der Waals surface area (Å²) < 4.78 is 10.3. The number of anilines is 1. The van der Waals surface area contributed by atoms with Crippen LogP contribution in [-0.2, 0) is 4.74 Å². The molecule has 0 radical (unpaired) electrons. The third-order valence-corrected chi connectivity index (χ3v) is 4.90. The Hall–Kier alpha value is -2.80. The Bertz CT molecular complexity index is 971. The maximum Gasteiger partial charge on any atom is 0.341 e. The Kier molecular flexibility index (Phi) is 7.52. The highest BCUT2D eigenvalue weighted by molar-refractivity contribution is 6.30. The number of carbonyl (C=O) groups is 1. The zero-order valence-electron chi connectivity index (χ0n) is 17.0. The lowest BCUT2D eigenvalue weighted by Crippen LogP contribution is -2.41. The highest BCUT2D eigenvalue weighted by Gasteiger charge is 2.17. The molecular formula is C23H25ClN2O4. The number of hydrogen-bond donors (Lipinski definition) is 2. The van der Waals surface area contributed by atoms with Crippen LogP contribution in [0.1, 0.15) is 35.4 Å². The number of esters is 1. The lowest BCUT2D eigenvalue weighted by Gasteiger charge is -2.27. The maximum absolute atomic E-state index is 11.9. The summed E-state index contributed by atoms with van der Waals surface area (Å²) in [6, 6.07) is 16.4. The summed E-state index contributed by atoms with van der Waals surface area (Å²) >= 11 is 6.02. The highest BCUT2D eigenvalue weighted by atomic mass is 35.5. The predicted octanol–water partition coefficient (Wildman–Crippen LogP) is 4.84. The zero-order chi connectivity index (χ0) is 21.5. The second kappa shape index (κ2) is 10.3. The number of methoxy groups -OCH3 is 1. The lowest BCUT2D eigenvalue weighted by atomic mass is 10.1. The van der Waals surface area contributed by atoms with Gasteiger partial charge in [-0.1, -0.05) is 30.7 Å². The molecular weight excluding hydrogens is 404 g/mol. The first-order chi connectivity index (χ1) is 14.5. The fourth-order valence-electron chi connectivity index (χ4n) is 3.15. The fraction of sp³-hybridized carbons (Fsp3) is 0.261. The third kappa shape index (κ3) is 5.21. The number of hydrogen-bond acceptors (Lipinski definition) is 6. The molecule has 3 aromatic rings. The van der Waals surface area contributed by atoms with Gasteiger partial charge in [-0.3, -0.25) is 0 Å². The van der Waals surface area contributed by atoms with Gasteiger partial charge in [-0.05, 0) is 54.4 Å². The second-order valence-electron chi connectivity index (χ2n) is 6.79. The average Bonchev–Trinajstić information content (AvgIpc) is 3.26. The summed E-state index contributed by atoms with van der Waals surface area (Å²) in [7, 11) is 1.34. The van der Waals surface area contributed by atoms with Gasteiger partial charge in [0.25, 0.3) is 0 Å². The van der Waals surface area contributed by atoms with Crippen molar-refractivity contribution in [2.24, 2.45) is 0 Å². The van der Waals surface area contributed by atoms with Gasteiger partial charge in [0.15, 0.2) is 0 Å². The molecule has 1 atom stereocenters. The van der Waals surface area contributed by atoms with Crippen molar-refractivity contribution in [2.45, 2.75) is 19.4 Å². The summed E-state index contributed by atoms with van der Waals surface area (Å²) in [5.41, 5.74) is 6.15. The maximum atomic E-state index is 11.9. The SMILES string of the molecule is CCCN(NC[C@H](O)c1cccc(Cl)c1)c1ccc(-c2occc2C(=O)OC)cc1. The zero-order valence-corrected chi connectivity index (χ0v) is 17.7. The molecule has 0 saturated heterocycles. The van der Waals surface area contributed by atoms with Crippen molar-refractivity contribution in [3.8, 4) is 11.3 Å². The van der Waals surface area contributed by atoms with Gasteiger partial charge < -0.3 is 19.3 Å². The molecule has 0 aliphatic rings. The number of ether oxygens (including phenoxy) is 1. The van der Waals surface area contributed by atoms with Crippen molar-refractivity contribution in [1.29, 1.82) is 0 Å². The summed E-state index contributed by atoms with van der Waals surface area (Å²) in [4.78, 5) is 11.9. The van der Waals surface area contributed by atoms with E-state index < -0.39 is 12.1 Å². The number of furan rings is 1. The first kappa shape index (κ1) is 21.9. The van der Waals surface area contributed by atoms with Gasteiger partial charge in [-0.15, -0.1) is 0 Å². The Morgan fingerprint density at radius 3 is 2.67 bits per heavy atom. The van der Waals surface area contributed by atoms with Crippen LogP contribution in [0.3, 0.4) is 0 Å². The monoisotopic (exact) mass is 428 g/mol. The molecule has 0 aliphatic carbocycles. The molecule has 30 heavy (non-hydrogen) atoms. The van der Waals surface area contributed by atoms with Gasteiger partial charge in [0.2, 0.25) is 0 Å². The van der Waals surface area contributed by atoms with Crippen LogP contribution in [0.2, 0.25) is 5.02 Å². The topological polar surface area (TPSA) is 74.9 Å². The van der Waals surface area contributed by atoms with Crippen molar-refractivity contribution in [2.75, 3.05) is 25.2 Å². The van der Waals surface area contributed by atoms with Gasteiger partial charge in [0, 0.05) is 23.7 Å². The van der Waals surface area contributed by atoms with Crippen molar-refractivity contribution in [3.63, 3.8) is 0 Å². The van der Waals surface area contributed by atoms with Crippen LogP contribution in [0.15, 0.2) is 65.3 Å². The van der Waals surface area contributed by atoms with E-state index in [1.54, 1.807) is 18.2 Å². The van der Waals surface area contributed by atoms with E-state index in [-0.39, 0.29) is 0 Å². The number of aliphatic hydroxyl groups is 1. The predicted molar refractivity (Wildman–Crippen MR) is 118 cm³/mol. The minimum absolute atomic E-state index is 0.340. The van der Waals surface area contributed by atoms with E-state index in [2.05, 4.69) is 12.3 Å². The minimum atomic E-state index is -0.687. The molecule has 1 aromatic heterocycles. The van der Waals surface area contributed by atoms with E-state index in [1.807, 2.05) is 41.4 Å². The van der Waals surface area contributed by atoms with E-state index in [9.17, 15) is 9.90 Å². The lowest BCUT2D eigenvalue weighted by molar-refractivity contribution is 0.0601. The normalized spacial score (nSPS) is 11.9. The molecule has 0 unspecified atom stereocenters. The number of nitrogens with one attached hydrogen (secondary N) is 1. The van der Waals surface area contributed by atoms with Crippen molar-refractivity contribution in [3.05, 3.63) is 77.0 Å². The number of nitrogens with zero attached hydrogens (tertiary/aromatic N) is 1. The van der Waals surface area contributed by atoms with Crippen molar-refractivity contribution in [1.82, 2.24) is 5.43 Å². The molecule has 0 fully saturated rings. The summed E-state index contributed by atoms with van der Waals surface area (Å²) in [6.07, 6.45) is 1.71. The van der Waals surface area contributed by atoms with Gasteiger partial charge in [0.1, 0.15) is 11.3 Å². The van der Waals surface area contributed by atoms with Crippen molar-refractivity contribution < 1.29 is 19.1 Å². The van der Waals surface area contributed by atoms with E-state index >= 15 is 0 Å². The van der Waals surface area contributed by atoms with E-state index in [4.69, 9.17) is 20.8 Å². The molecule has 0 spiro atoms. The van der Waals surface area contributed by atoms with Crippen molar-refractivity contribution >= 4 is 23.3 Å². The van der Waals surface area contributed by atoms with Crippen LogP contribution in [-0.4, -0.2) is 31.3 Å². The summed E-state index contributed by atoms with van der Waals surface area (Å²) in [5, 5.41) is 13.1. The fourth-order valence-corrected chi connectivity index (χ4v) is 3.35. The number of benzene rings is 2. The van der Waals surface area contributed by atoms with Gasteiger partial charge >= 0.3 is 5.97 Å². The van der Waals surface area contributed by atoms with Crippen LogP contribution in [0.5, 0.6) is 0 Å². The number of aliphatic hydroxyl groups excluding tert-OH is 1. The van der Waals surface area contributed by atoms with E-state index in [0.717, 1.165) is 29.8 Å². The summed E-state index contributed by atoms with van der Waals surface area (Å²) in [6.45, 7) is 3.18. The quantitative estimate of drug-likeness (QED) is 0.375. The third-order valence-electron chi connectivity index (χ3n) is 4.67. The van der Waals surface area contributed by atoms with Crippen LogP contribution < -0.4 is 10.4 Å². The van der Waals surface area contributed by atoms with Crippen LogP contribution in [0.25, 0.3) is 11.3 Å². The van der Waals surface area contributed by atoms with E-state index in [0.29, 0.717) is 22.9 Å². The van der Waals surface area contributed by atoms with Gasteiger partial charge in [-0.25, -0.2) is 10.2 Å². The molecule has 0 amide bonds. The Morgan fingerprint density at radius 2 is 2.00 bits per heavy atom. The number of hydrazine groups is 1. The second-order valence-corrected chi connectivity index (χ2v) is 7.22. The van der Waals surface area contributed by atoms with Crippen LogP contribution in [0, 0.1) is 0 Å². The number of rotatable bonds is 9. The molecule has 2 N–H and O–H groups in total. The first-order valence-electron chi connectivity index (χ1n) is 9.74.